The molecular formula is C15H19N5O8. The molecule has 0 aliphatic carbocycles. The Balaban J connectivity index is 1.94. The highest BCUT2D eigenvalue weighted by Crippen LogP contribution is 2.31. The number of ether oxygens (including phenoxy) is 1. The van der Waals surface area contributed by atoms with Crippen molar-refractivity contribution in [2.45, 2.75) is 43.6 Å². The van der Waals surface area contributed by atoms with E-state index < -0.39 is 55.2 Å². The van der Waals surface area contributed by atoms with E-state index >= 15 is 0 Å². The molecule has 1 fully saturated rings. The molecule has 152 valence electrons. The number of carboxylic acids is 1. The molecule has 0 radical (unpaired) electrons. The average molecular weight is 397 g/mol. The molecule has 3 rings (SSSR count). The normalized spacial score (nSPS) is 26.9. The Morgan fingerprint density at radius 3 is 2.57 bits per heavy atom. The van der Waals surface area contributed by atoms with Gasteiger partial charge in [0.05, 0.1) is 19.0 Å². The summed E-state index contributed by atoms with van der Waals surface area (Å²) in [5.74, 6) is -2.32. The number of carbonyl (C=O) groups is 2. The number of carboxylic acid groups (broad SMARTS) is 1. The second-order valence-corrected chi connectivity index (χ2v) is 6.31. The van der Waals surface area contributed by atoms with E-state index in [9.17, 15) is 30.0 Å². The zero-order chi connectivity index (χ0) is 20.6. The number of aliphatic carboxylic acids is 1. The molecule has 2 aromatic heterocycles. The minimum absolute atomic E-state index is 0.00697. The first kappa shape index (κ1) is 20.0. The number of aliphatic hydroxyl groups is 4. The molecule has 1 saturated heterocycles. The molecule has 0 spiro atoms. The monoisotopic (exact) mass is 397 g/mol. The molecule has 0 bridgehead atoms. The zero-order valence-corrected chi connectivity index (χ0v) is 14.6. The van der Waals surface area contributed by atoms with Crippen LogP contribution in [-0.2, 0) is 9.53 Å². The predicted octanol–water partition coefficient (Wildman–Crippen LogP) is -3.00. The van der Waals surface area contributed by atoms with Gasteiger partial charge >= 0.3 is 5.97 Å². The Morgan fingerprint density at radius 2 is 2.00 bits per heavy atom. The molecule has 28 heavy (non-hydrogen) atoms. The smallest absolute Gasteiger partial charge is 0.328 e. The number of nitrogens with one attached hydrogen (secondary N) is 1. The van der Waals surface area contributed by atoms with Gasteiger partial charge in [0, 0.05) is 0 Å². The van der Waals surface area contributed by atoms with Gasteiger partial charge in [-0.1, -0.05) is 0 Å². The number of fused-ring (bicyclic) bond motifs is 1. The maximum atomic E-state index is 12.4. The average Bonchev–Trinajstić information content (AvgIpc) is 3.20. The van der Waals surface area contributed by atoms with E-state index in [0.29, 0.717) is 0 Å². The first-order chi connectivity index (χ1) is 13.3. The van der Waals surface area contributed by atoms with Crippen molar-refractivity contribution in [3.8, 4) is 0 Å². The molecule has 3 heterocycles. The van der Waals surface area contributed by atoms with Crippen LogP contribution in [0.4, 0.5) is 0 Å². The summed E-state index contributed by atoms with van der Waals surface area (Å²) in [7, 11) is 0. The van der Waals surface area contributed by atoms with Crippen molar-refractivity contribution >= 4 is 23.0 Å². The van der Waals surface area contributed by atoms with Gasteiger partial charge in [0.25, 0.3) is 5.91 Å². The number of aromatic nitrogens is 4. The molecule has 2 aromatic rings. The highest BCUT2D eigenvalue weighted by molar-refractivity contribution is 6.03. The third-order valence-corrected chi connectivity index (χ3v) is 4.40. The molecule has 2 unspecified atom stereocenters. The third kappa shape index (κ3) is 3.41. The lowest BCUT2D eigenvalue weighted by Gasteiger charge is -2.17. The van der Waals surface area contributed by atoms with Gasteiger partial charge in [-0.2, -0.15) is 0 Å². The summed E-state index contributed by atoms with van der Waals surface area (Å²) < 4.78 is 6.68. The summed E-state index contributed by atoms with van der Waals surface area (Å²) >= 11 is 0. The van der Waals surface area contributed by atoms with Gasteiger partial charge in [-0.15, -0.1) is 0 Å². The Kier molecular flexibility index (Phi) is 5.53. The Hall–Kier alpha value is -2.71. The van der Waals surface area contributed by atoms with Gasteiger partial charge in [-0.05, 0) is 6.92 Å². The largest absolute Gasteiger partial charge is 0.480 e. The molecule has 13 heteroatoms. The van der Waals surface area contributed by atoms with Gasteiger partial charge in [0.15, 0.2) is 23.6 Å². The van der Waals surface area contributed by atoms with Crippen molar-refractivity contribution in [1.82, 2.24) is 24.8 Å². The number of carbonyl (C=O) groups excluding carboxylic acids is 1. The minimum atomic E-state index is -1.56. The van der Waals surface area contributed by atoms with E-state index in [1.54, 1.807) is 0 Å². The molecule has 13 nitrogen and oxygen atoms in total. The summed E-state index contributed by atoms with van der Waals surface area (Å²) in [4.78, 5) is 35.4. The van der Waals surface area contributed by atoms with Crippen molar-refractivity contribution in [3.05, 3.63) is 18.3 Å². The van der Waals surface area contributed by atoms with Gasteiger partial charge in [-0.3, -0.25) is 9.36 Å². The number of amides is 1. The highest BCUT2D eigenvalue weighted by Gasteiger charge is 2.44. The van der Waals surface area contributed by atoms with Crippen LogP contribution in [0.2, 0.25) is 0 Å². The lowest BCUT2D eigenvalue weighted by molar-refractivity contribution is -0.141. The lowest BCUT2D eigenvalue weighted by Crippen LogP contribution is -2.47. The van der Waals surface area contributed by atoms with Gasteiger partial charge in [-0.25, -0.2) is 19.7 Å². The maximum absolute atomic E-state index is 12.4. The second-order valence-electron chi connectivity index (χ2n) is 6.31. The van der Waals surface area contributed by atoms with Crippen LogP contribution >= 0.6 is 0 Å². The van der Waals surface area contributed by atoms with Crippen molar-refractivity contribution in [1.29, 1.82) is 0 Å². The van der Waals surface area contributed by atoms with Crippen molar-refractivity contribution in [2.75, 3.05) is 6.61 Å². The lowest BCUT2D eigenvalue weighted by atomic mass is 10.1. The van der Waals surface area contributed by atoms with E-state index in [2.05, 4.69) is 20.3 Å². The maximum Gasteiger partial charge on any atom is 0.328 e. The van der Waals surface area contributed by atoms with Crippen LogP contribution in [0.5, 0.6) is 0 Å². The van der Waals surface area contributed by atoms with Crippen LogP contribution in [0, 0.1) is 0 Å². The minimum Gasteiger partial charge on any atom is -0.480 e. The Bertz CT molecular complexity index is 886. The van der Waals surface area contributed by atoms with Crippen molar-refractivity contribution in [3.63, 3.8) is 0 Å². The Labute approximate surface area is 157 Å². The summed E-state index contributed by atoms with van der Waals surface area (Å²) in [6.07, 6.45) is -3.95. The summed E-state index contributed by atoms with van der Waals surface area (Å²) in [5, 5.41) is 50.0. The molecule has 6 N–H and O–H groups in total. The number of nitrogens with zero attached hydrogens (tertiary/aromatic N) is 4. The number of hydrogen-bond donors (Lipinski definition) is 6. The van der Waals surface area contributed by atoms with Crippen LogP contribution in [0.1, 0.15) is 23.6 Å². The topological polar surface area (TPSA) is 200 Å². The van der Waals surface area contributed by atoms with Crippen molar-refractivity contribution in [2.24, 2.45) is 0 Å². The summed E-state index contributed by atoms with van der Waals surface area (Å²) in [6, 6.07) is -1.56. The van der Waals surface area contributed by atoms with Crippen LogP contribution in [0.15, 0.2) is 12.7 Å². The molecule has 1 aliphatic rings. The van der Waals surface area contributed by atoms with Crippen LogP contribution in [-0.4, -0.2) is 94.0 Å². The molecule has 1 amide bonds. The molecular weight excluding hydrogens is 378 g/mol. The summed E-state index contributed by atoms with van der Waals surface area (Å²) in [5.41, 5.74) is -0.172. The fourth-order valence-corrected chi connectivity index (χ4v) is 2.91. The van der Waals surface area contributed by atoms with E-state index in [1.165, 1.54) is 17.8 Å². The molecule has 1 aliphatic heterocycles. The molecule has 0 saturated carbocycles. The van der Waals surface area contributed by atoms with Crippen LogP contribution in [0.3, 0.4) is 0 Å². The van der Waals surface area contributed by atoms with Gasteiger partial charge in [0.2, 0.25) is 0 Å². The fourth-order valence-electron chi connectivity index (χ4n) is 2.91. The van der Waals surface area contributed by atoms with E-state index in [1.807, 2.05) is 0 Å². The quantitative estimate of drug-likeness (QED) is 0.290. The SMILES string of the molecule is CC(O)C(NC(=O)c1ncnc2c1ncn2[C@H]1O[C@@H](CO)[C@H](O)[C@@H]1O)C(=O)O. The second kappa shape index (κ2) is 7.73. The number of rotatable bonds is 6. The van der Waals surface area contributed by atoms with Crippen LogP contribution in [0.25, 0.3) is 11.2 Å². The first-order valence-corrected chi connectivity index (χ1v) is 8.28. The van der Waals surface area contributed by atoms with E-state index in [0.717, 1.165) is 6.33 Å². The van der Waals surface area contributed by atoms with E-state index in [4.69, 9.17) is 9.84 Å². The standard InChI is InChI=1S/C15H19N5O8/c1-5(22)7(15(26)27)19-13(25)9-8-12(17-3-16-9)20(4-18-8)14-11(24)10(23)6(2-21)28-14/h3-7,10-11,14,21-24H,2H2,1H3,(H,19,25)(H,26,27)/t5?,6-,7?,10-,11-,14-/m0/s1. The molecule has 0 aromatic carbocycles. The summed E-state index contributed by atoms with van der Waals surface area (Å²) in [6.45, 7) is 0.699. The van der Waals surface area contributed by atoms with Crippen LogP contribution < -0.4 is 5.32 Å². The first-order valence-electron chi connectivity index (χ1n) is 8.28. The highest BCUT2D eigenvalue weighted by atomic mass is 16.6. The number of aliphatic hydroxyl groups excluding tert-OH is 4. The number of hydrogen-bond acceptors (Lipinski definition) is 10. The molecule has 6 atom stereocenters. The van der Waals surface area contributed by atoms with E-state index in [-0.39, 0.29) is 16.9 Å². The predicted molar refractivity (Wildman–Crippen MR) is 88.9 cm³/mol. The fraction of sp³-hybridized carbons (Fsp3) is 0.533. The van der Waals surface area contributed by atoms with Gasteiger partial charge < -0.3 is 35.6 Å². The zero-order valence-electron chi connectivity index (χ0n) is 14.6. The van der Waals surface area contributed by atoms with Crippen molar-refractivity contribution < 1.29 is 39.9 Å². The Morgan fingerprint density at radius 1 is 1.29 bits per heavy atom. The number of imidazole rings is 1. The van der Waals surface area contributed by atoms with Gasteiger partial charge in [0.1, 0.15) is 30.2 Å². The third-order valence-electron chi connectivity index (χ3n) is 4.40.